The second kappa shape index (κ2) is 9.11. The predicted octanol–water partition coefficient (Wildman–Crippen LogP) is 5.71. The Labute approximate surface area is 181 Å². The molecule has 0 saturated heterocycles. The van der Waals surface area contributed by atoms with E-state index in [-0.39, 0.29) is 33.0 Å². The lowest BCUT2D eigenvalue weighted by molar-refractivity contribution is 0.0696. The minimum atomic E-state index is -3.97. The van der Waals surface area contributed by atoms with Crippen LogP contribution in [-0.2, 0) is 16.6 Å². The van der Waals surface area contributed by atoms with E-state index in [0.717, 1.165) is 6.07 Å². The van der Waals surface area contributed by atoms with Crippen molar-refractivity contribution < 1.29 is 18.3 Å². The minimum Gasteiger partial charge on any atom is -0.478 e. The van der Waals surface area contributed by atoms with Crippen molar-refractivity contribution in [2.45, 2.75) is 24.8 Å². The standard InChI is InChI=1S/C17H15BrCl3NO4S/c1-2-5-22(9-10-3-4-14(19)15(20)6-10)27(25,26)11-7-12(17(23)24)16(21)13(18)8-11/h3-4,6-8H,2,5,9H2,1H3,(H,23,24). The van der Waals surface area contributed by atoms with Gasteiger partial charge in [0.15, 0.2) is 0 Å². The van der Waals surface area contributed by atoms with Crippen LogP contribution < -0.4 is 0 Å². The fourth-order valence-electron chi connectivity index (χ4n) is 2.39. The molecule has 0 spiro atoms. The molecule has 146 valence electrons. The van der Waals surface area contributed by atoms with E-state index in [1.165, 1.54) is 10.4 Å². The van der Waals surface area contributed by atoms with Crippen molar-refractivity contribution in [1.82, 2.24) is 4.31 Å². The fraction of sp³-hybridized carbons (Fsp3) is 0.235. The van der Waals surface area contributed by atoms with E-state index >= 15 is 0 Å². The zero-order valence-electron chi connectivity index (χ0n) is 14.0. The molecule has 0 unspecified atom stereocenters. The van der Waals surface area contributed by atoms with Crippen molar-refractivity contribution in [1.29, 1.82) is 0 Å². The zero-order valence-corrected chi connectivity index (χ0v) is 18.7. The molecule has 0 aromatic heterocycles. The lowest BCUT2D eigenvalue weighted by atomic mass is 10.2. The number of halogens is 4. The molecule has 0 radical (unpaired) electrons. The smallest absolute Gasteiger partial charge is 0.337 e. The van der Waals surface area contributed by atoms with Crippen LogP contribution in [0.2, 0.25) is 15.1 Å². The Balaban J connectivity index is 2.49. The topological polar surface area (TPSA) is 74.7 Å². The van der Waals surface area contributed by atoms with Crippen LogP contribution in [0, 0.1) is 0 Å². The number of carboxylic acids is 1. The van der Waals surface area contributed by atoms with Gasteiger partial charge < -0.3 is 5.11 Å². The molecular weight excluding hydrogens is 501 g/mol. The Morgan fingerprint density at radius 1 is 1.15 bits per heavy atom. The molecule has 2 aromatic rings. The van der Waals surface area contributed by atoms with Gasteiger partial charge in [0.2, 0.25) is 10.0 Å². The molecule has 0 aliphatic heterocycles. The monoisotopic (exact) mass is 513 g/mol. The summed E-state index contributed by atoms with van der Waals surface area (Å²) < 4.78 is 27.7. The molecule has 0 saturated carbocycles. The van der Waals surface area contributed by atoms with E-state index in [1.54, 1.807) is 18.2 Å². The normalized spacial score (nSPS) is 11.8. The van der Waals surface area contributed by atoms with Crippen LogP contribution in [-0.4, -0.2) is 30.3 Å². The molecule has 0 amide bonds. The first-order chi connectivity index (χ1) is 12.6. The molecular formula is C17H15BrCl3NO4S. The first-order valence-electron chi connectivity index (χ1n) is 7.74. The van der Waals surface area contributed by atoms with E-state index in [1.807, 2.05) is 6.92 Å². The van der Waals surface area contributed by atoms with Crippen molar-refractivity contribution in [3.8, 4) is 0 Å². The summed E-state index contributed by atoms with van der Waals surface area (Å²) in [5, 5.41) is 9.91. The Morgan fingerprint density at radius 3 is 2.37 bits per heavy atom. The van der Waals surface area contributed by atoms with Gasteiger partial charge in [0.1, 0.15) is 0 Å². The Morgan fingerprint density at radius 2 is 1.81 bits per heavy atom. The molecule has 2 rings (SSSR count). The molecule has 0 heterocycles. The third kappa shape index (κ3) is 5.16. The number of hydrogen-bond acceptors (Lipinski definition) is 3. The zero-order chi connectivity index (χ0) is 20.4. The van der Waals surface area contributed by atoms with E-state index in [4.69, 9.17) is 34.8 Å². The SMILES string of the molecule is CCCN(Cc1ccc(Cl)c(Cl)c1)S(=O)(=O)c1cc(Br)c(Cl)c(C(=O)O)c1. The van der Waals surface area contributed by atoms with Gasteiger partial charge in [-0.1, -0.05) is 47.8 Å². The average Bonchev–Trinajstić information content (AvgIpc) is 2.59. The van der Waals surface area contributed by atoms with Crippen LogP contribution in [0.5, 0.6) is 0 Å². The molecule has 0 fully saturated rings. The van der Waals surface area contributed by atoms with Crippen molar-refractivity contribution >= 4 is 66.7 Å². The van der Waals surface area contributed by atoms with Crippen LogP contribution in [0.1, 0.15) is 29.3 Å². The summed E-state index contributed by atoms with van der Waals surface area (Å²) in [6, 6.07) is 7.23. The molecule has 0 aliphatic rings. The molecule has 0 aliphatic carbocycles. The lowest BCUT2D eigenvalue weighted by Crippen LogP contribution is -2.31. The van der Waals surface area contributed by atoms with Gasteiger partial charge in [0.25, 0.3) is 0 Å². The summed E-state index contributed by atoms with van der Waals surface area (Å²) in [6.07, 6.45) is 0.571. The maximum atomic E-state index is 13.1. The molecule has 0 bridgehead atoms. The highest BCUT2D eigenvalue weighted by Gasteiger charge is 2.27. The number of benzene rings is 2. The lowest BCUT2D eigenvalue weighted by Gasteiger charge is -2.22. The van der Waals surface area contributed by atoms with Crippen molar-refractivity contribution in [3.63, 3.8) is 0 Å². The number of hydrogen-bond donors (Lipinski definition) is 1. The fourth-order valence-corrected chi connectivity index (χ4v) is 5.09. The Hall–Kier alpha value is -0.830. The van der Waals surface area contributed by atoms with E-state index in [9.17, 15) is 18.3 Å². The quantitative estimate of drug-likeness (QED) is 0.513. The molecule has 1 N–H and O–H groups in total. The van der Waals surface area contributed by atoms with Crippen LogP contribution in [0.25, 0.3) is 0 Å². The van der Waals surface area contributed by atoms with Crippen molar-refractivity contribution in [2.24, 2.45) is 0 Å². The summed E-state index contributed by atoms with van der Waals surface area (Å²) in [5.41, 5.74) is 0.364. The first-order valence-corrected chi connectivity index (χ1v) is 11.1. The van der Waals surface area contributed by atoms with Gasteiger partial charge in [-0.2, -0.15) is 4.31 Å². The third-order valence-electron chi connectivity index (χ3n) is 3.69. The molecule has 10 heteroatoms. The van der Waals surface area contributed by atoms with Gasteiger partial charge in [0.05, 0.1) is 25.5 Å². The average molecular weight is 516 g/mol. The van der Waals surface area contributed by atoms with Crippen molar-refractivity contribution in [3.05, 3.63) is 61.0 Å². The second-order valence-electron chi connectivity index (χ2n) is 5.66. The van der Waals surface area contributed by atoms with Gasteiger partial charge >= 0.3 is 5.97 Å². The Kier molecular flexibility index (Phi) is 7.58. The molecule has 5 nitrogen and oxygen atoms in total. The number of nitrogens with zero attached hydrogens (tertiary/aromatic N) is 1. The summed E-state index contributed by atoms with van der Waals surface area (Å²) >= 11 is 21.0. The van der Waals surface area contributed by atoms with E-state index in [2.05, 4.69) is 15.9 Å². The number of sulfonamides is 1. The van der Waals surface area contributed by atoms with Crippen LogP contribution in [0.3, 0.4) is 0 Å². The number of carbonyl (C=O) groups is 1. The van der Waals surface area contributed by atoms with Crippen LogP contribution in [0.15, 0.2) is 39.7 Å². The number of aromatic carboxylic acids is 1. The van der Waals surface area contributed by atoms with E-state index in [0.29, 0.717) is 22.0 Å². The maximum absolute atomic E-state index is 13.1. The van der Waals surface area contributed by atoms with Crippen LogP contribution in [0.4, 0.5) is 0 Å². The molecule has 2 aromatic carbocycles. The van der Waals surface area contributed by atoms with E-state index < -0.39 is 16.0 Å². The van der Waals surface area contributed by atoms with Gasteiger partial charge in [-0.25, -0.2) is 13.2 Å². The van der Waals surface area contributed by atoms with Crippen molar-refractivity contribution in [2.75, 3.05) is 6.54 Å². The first kappa shape index (κ1) is 22.5. The predicted molar refractivity (Wildman–Crippen MR) is 110 cm³/mol. The molecule has 0 atom stereocenters. The van der Waals surface area contributed by atoms with Gasteiger partial charge in [-0.05, 0) is 52.2 Å². The second-order valence-corrected chi connectivity index (χ2v) is 9.64. The highest BCUT2D eigenvalue weighted by atomic mass is 79.9. The minimum absolute atomic E-state index is 0.0621. The van der Waals surface area contributed by atoms with Crippen LogP contribution >= 0.6 is 50.7 Å². The Bertz CT molecular complexity index is 982. The third-order valence-corrected chi connectivity index (χ3v) is 7.51. The summed E-state index contributed by atoms with van der Waals surface area (Å²) in [4.78, 5) is 11.2. The summed E-state index contributed by atoms with van der Waals surface area (Å²) in [5.74, 6) is -1.32. The highest BCUT2D eigenvalue weighted by Crippen LogP contribution is 2.32. The largest absolute Gasteiger partial charge is 0.478 e. The van der Waals surface area contributed by atoms with Gasteiger partial charge in [0, 0.05) is 17.6 Å². The summed E-state index contributed by atoms with van der Waals surface area (Å²) in [7, 11) is -3.97. The van der Waals surface area contributed by atoms with Gasteiger partial charge in [-0.3, -0.25) is 0 Å². The highest BCUT2D eigenvalue weighted by molar-refractivity contribution is 9.10. The number of carboxylic acid groups (broad SMARTS) is 1. The molecule has 27 heavy (non-hydrogen) atoms. The maximum Gasteiger partial charge on any atom is 0.337 e. The summed E-state index contributed by atoms with van der Waals surface area (Å²) in [6.45, 7) is 2.15. The number of rotatable bonds is 7. The van der Waals surface area contributed by atoms with Gasteiger partial charge in [-0.15, -0.1) is 0 Å².